The SMILES string of the molecule is COCCN1CCN(C(=O)c2cc3oc(-c4ccc(F)cc4)cc3n2Cc2ccccc2)CC1. The first-order valence-electron chi connectivity index (χ1n) is 11.6. The highest BCUT2D eigenvalue weighted by molar-refractivity contribution is 5.98. The lowest BCUT2D eigenvalue weighted by atomic mass is 10.2. The molecule has 1 aliphatic heterocycles. The summed E-state index contributed by atoms with van der Waals surface area (Å²) < 4.78 is 26.7. The van der Waals surface area contributed by atoms with Gasteiger partial charge in [-0.15, -0.1) is 0 Å². The summed E-state index contributed by atoms with van der Waals surface area (Å²) in [5.41, 5.74) is 4.02. The lowest BCUT2D eigenvalue weighted by Crippen LogP contribution is -2.49. The second-order valence-corrected chi connectivity index (χ2v) is 8.59. The Hall–Kier alpha value is -3.42. The van der Waals surface area contributed by atoms with Crippen molar-refractivity contribution in [1.82, 2.24) is 14.4 Å². The number of hydrogen-bond acceptors (Lipinski definition) is 4. The zero-order valence-corrected chi connectivity index (χ0v) is 19.2. The molecule has 34 heavy (non-hydrogen) atoms. The van der Waals surface area contributed by atoms with Crippen LogP contribution in [0.3, 0.4) is 0 Å². The number of nitrogens with zero attached hydrogens (tertiary/aromatic N) is 3. The number of methoxy groups -OCH3 is 1. The maximum Gasteiger partial charge on any atom is 0.270 e. The van der Waals surface area contributed by atoms with Crippen LogP contribution in [0.5, 0.6) is 0 Å². The van der Waals surface area contributed by atoms with Crippen LogP contribution in [0, 0.1) is 5.82 Å². The quantitative estimate of drug-likeness (QED) is 0.407. The van der Waals surface area contributed by atoms with Gasteiger partial charge in [-0.2, -0.15) is 0 Å². The second-order valence-electron chi connectivity index (χ2n) is 8.59. The van der Waals surface area contributed by atoms with E-state index in [1.165, 1.54) is 12.1 Å². The van der Waals surface area contributed by atoms with Crippen LogP contribution in [-0.4, -0.2) is 66.7 Å². The number of halogens is 1. The summed E-state index contributed by atoms with van der Waals surface area (Å²) in [7, 11) is 1.71. The van der Waals surface area contributed by atoms with Crippen LogP contribution in [0.25, 0.3) is 22.4 Å². The van der Waals surface area contributed by atoms with Crippen molar-refractivity contribution in [1.29, 1.82) is 0 Å². The molecule has 1 saturated heterocycles. The largest absolute Gasteiger partial charge is 0.454 e. The van der Waals surface area contributed by atoms with Gasteiger partial charge >= 0.3 is 0 Å². The van der Waals surface area contributed by atoms with E-state index in [-0.39, 0.29) is 11.7 Å². The molecular formula is C27H28FN3O3. The molecule has 0 unspecified atom stereocenters. The van der Waals surface area contributed by atoms with Gasteiger partial charge in [0, 0.05) is 64.1 Å². The lowest BCUT2D eigenvalue weighted by molar-refractivity contribution is 0.0585. The number of ether oxygens (including phenoxy) is 1. The molecule has 0 bridgehead atoms. The number of piperazine rings is 1. The number of fused-ring (bicyclic) bond motifs is 1. The molecule has 1 amide bonds. The van der Waals surface area contributed by atoms with Crippen LogP contribution in [0.4, 0.5) is 4.39 Å². The van der Waals surface area contributed by atoms with E-state index >= 15 is 0 Å². The average Bonchev–Trinajstić information content (AvgIpc) is 3.43. The van der Waals surface area contributed by atoms with E-state index in [0.717, 1.165) is 36.3 Å². The van der Waals surface area contributed by atoms with Crippen molar-refractivity contribution < 1.29 is 18.3 Å². The number of benzene rings is 2. The fourth-order valence-electron chi connectivity index (χ4n) is 4.47. The highest BCUT2D eigenvalue weighted by atomic mass is 19.1. The second kappa shape index (κ2) is 9.83. The predicted octanol–water partition coefficient (Wildman–Crippen LogP) is 4.49. The molecule has 4 aromatic rings. The van der Waals surface area contributed by atoms with Crippen molar-refractivity contribution in [2.45, 2.75) is 6.54 Å². The molecule has 176 valence electrons. The molecule has 0 spiro atoms. The fourth-order valence-corrected chi connectivity index (χ4v) is 4.47. The van der Waals surface area contributed by atoms with Crippen molar-refractivity contribution in [3.63, 3.8) is 0 Å². The molecule has 2 aromatic carbocycles. The van der Waals surface area contributed by atoms with Gasteiger partial charge in [0.1, 0.15) is 17.3 Å². The van der Waals surface area contributed by atoms with Gasteiger partial charge in [0.2, 0.25) is 0 Å². The molecule has 0 aliphatic carbocycles. The maximum absolute atomic E-state index is 13.6. The van der Waals surface area contributed by atoms with Crippen molar-refractivity contribution in [3.8, 4) is 11.3 Å². The highest BCUT2D eigenvalue weighted by Crippen LogP contribution is 2.31. The van der Waals surface area contributed by atoms with E-state index in [9.17, 15) is 9.18 Å². The van der Waals surface area contributed by atoms with Gasteiger partial charge < -0.3 is 18.6 Å². The van der Waals surface area contributed by atoms with Gasteiger partial charge in [0.25, 0.3) is 5.91 Å². The third-order valence-corrected chi connectivity index (χ3v) is 6.39. The fraction of sp³-hybridized carbons (Fsp3) is 0.296. The lowest BCUT2D eigenvalue weighted by Gasteiger charge is -2.34. The van der Waals surface area contributed by atoms with E-state index < -0.39 is 0 Å². The van der Waals surface area contributed by atoms with Crippen molar-refractivity contribution in [2.75, 3.05) is 46.4 Å². The molecule has 0 radical (unpaired) electrons. The van der Waals surface area contributed by atoms with Crippen LogP contribution < -0.4 is 0 Å². The minimum atomic E-state index is -0.288. The third kappa shape index (κ3) is 4.62. The molecular weight excluding hydrogens is 433 g/mol. The smallest absolute Gasteiger partial charge is 0.270 e. The normalized spacial score (nSPS) is 14.7. The van der Waals surface area contributed by atoms with E-state index in [1.807, 2.05) is 39.8 Å². The standard InChI is InChI=1S/C27H28FN3O3/c1-33-16-15-29-11-13-30(14-12-29)27(32)24-18-26-23(31(24)19-20-5-3-2-4-6-20)17-25(34-26)21-7-9-22(28)10-8-21/h2-10,17-18H,11-16,19H2,1H3. The minimum Gasteiger partial charge on any atom is -0.454 e. The summed E-state index contributed by atoms with van der Waals surface area (Å²) in [6, 6.07) is 20.1. The number of amides is 1. The summed E-state index contributed by atoms with van der Waals surface area (Å²) in [6.45, 7) is 5.16. The summed E-state index contributed by atoms with van der Waals surface area (Å²) in [6.07, 6.45) is 0. The molecule has 0 atom stereocenters. The van der Waals surface area contributed by atoms with Crippen molar-refractivity contribution in [3.05, 3.63) is 83.8 Å². The van der Waals surface area contributed by atoms with E-state index in [0.29, 0.717) is 43.3 Å². The van der Waals surface area contributed by atoms with Gasteiger partial charge in [-0.25, -0.2) is 4.39 Å². The van der Waals surface area contributed by atoms with E-state index in [4.69, 9.17) is 9.15 Å². The third-order valence-electron chi connectivity index (χ3n) is 6.39. The Balaban J connectivity index is 1.45. The Bertz CT molecular complexity index is 1260. The van der Waals surface area contributed by atoms with Gasteiger partial charge in [-0.3, -0.25) is 9.69 Å². The zero-order valence-electron chi connectivity index (χ0n) is 19.2. The first-order chi connectivity index (χ1) is 16.6. The Morgan fingerprint density at radius 2 is 1.74 bits per heavy atom. The molecule has 3 heterocycles. The van der Waals surface area contributed by atoms with E-state index in [2.05, 4.69) is 17.0 Å². The molecule has 6 nitrogen and oxygen atoms in total. The molecule has 1 aliphatic rings. The molecule has 0 saturated carbocycles. The zero-order chi connectivity index (χ0) is 23.5. The Morgan fingerprint density at radius 3 is 2.44 bits per heavy atom. The number of carbonyl (C=O) groups excluding carboxylic acids is 1. The molecule has 2 aromatic heterocycles. The van der Waals surface area contributed by atoms with Crippen LogP contribution in [0.2, 0.25) is 0 Å². The molecule has 7 heteroatoms. The number of rotatable bonds is 7. The first kappa shape index (κ1) is 22.4. The summed E-state index contributed by atoms with van der Waals surface area (Å²) in [5, 5.41) is 0. The van der Waals surface area contributed by atoms with Crippen LogP contribution >= 0.6 is 0 Å². The Kier molecular flexibility index (Phi) is 6.47. The van der Waals surface area contributed by atoms with Crippen LogP contribution in [0.1, 0.15) is 16.1 Å². The van der Waals surface area contributed by atoms with Gasteiger partial charge in [-0.1, -0.05) is 30.3 Å². The Morgan fingerprint density at radius 1 is 1.00 bits per heavy atom. The summed E-state index contributed by atoms with van der Waals surface area (Å²) in [5.74, 6) is 0.373. The summed E-state index contributed by atoms with van der Waals surface area (Å²) >= 11 is 0. The van der Waals surface area contributed by atoms with Crippen molar-refractivity contribution >= 4 is 17.0 Å². The Labute approximate surface area is 198 Å². The van der Waals surface area contributed by atoms with Gasteiger partial charge in [0.15, 0.2) is 5.58 Å². The topological polar surface area (TPSA) is 50.9 Å². The average molecular weight is 462 g/mol. The minimum absolute atomic E-state index is 0.0112. The van der Waals surface area contributed by atoms with Gasteiger partial charge in [0.05, 0.1) is 12.1 Å². The number of aromatic nitrogens is 1. The maximum atomic E-state index is 13.6. The highest BCUT2D eigenvalue weighted by Gasteiger charge is 2.26. The molecule has 5 rings (SSSR count). The molecule has 1 fully saturated rings. The monoisotopic (exact) mass is 461 g/mol. The number of carbonyl (C=O) groups is 1. The predicted molar refractivity (Wildman–Crippen MR) is 129 cm³/mol. The number of hydrogen-bond donors (Lipinski definition) is 0. The summed E-state index contributed by atoms with van der Waals surface area (Å²) in [4.78, 5) is 17.8. The van der Waals surface area contributed by atoms with Crippen LogP contribution in [-0.2, 0) is 11.3 Å². The first-order valence-corrected chi connectivity index (χ1v) is 11.6. The number of furan rings is 1. The van der Waals surface area contributed by atoms with Gasteiger partial charge in [-0.05, 0) is 29.8 Å². The van der Waals surface area contributed by atoms with Crippen LogP contribution in [0.15, 0.2) is 71.1 Å². The van der Waals surface area contributed by atoms with Crippen molar-refractivity contribution in [2.24, 2.45) is 0 Å². The van der Waals surface area contributed by atoms with E-state index in [1.54, 1.807) is 19.2 Å². The molecule has 0 N–H and O–H groups in total.